The summed E-state index contributed by atoms with van der Waals surface area (Å²) in [6.45, 7) is 4.12. The standard InChI is InChI=1S/C14H18ClNO3S2/c1-3-18-14(20)21-12(9-19-10(2)17)5-4-11-6-7-16-13(15)8-11/h6-8,12H,3-5,9H2,1-2H3. The van der Waals surface area contributed by atoms with Crippen molar-refractivity contribution in [3.8, 4) is 0 Å². The summed E-state index contributed by atoms with van der Waals surface area (Å²) in [7, 11) is 0. The number of thiocarbonyl (C=S) groups is 1. The molecule has 1 aromatic rings. The van der Waals surface area contributed by atoms with E-state index in [9.17, 15) is 4.79 Å². The SMILES string of the molecule is CCOC(=S)SC(CCc1ccnc(Cl)c1)COC(C)=O. The Kier molecular flexibility index (Phi) is 8.64. The molecule has 1 unspecified atom stereocenters. The molecule has 0 amide bonds. The second-order valence-corrected chi connectivity index (χ2v) is 6.54. The van der Waals surface area contributed by atoms with Gasteiger partial charge in [0.1, 0.15) is 11.8 Å². The number of hydrogen-bond donors (Lipinski definition) is 0. The molecular weight excluding hydrogens is 330 g/mol. The number of thioether (sulfide) groups is 1. The van der Waals surface area contributed by atoms with E-state index in [1.54, 1.807) is 6.20 Å². The number of hydrogen-bond acceptors (Lipinski definition) is 6. The Bertz CT molecular complexity index is 485. The van der Waals surface area contributed by atoms with Crippen LogP contribution >= 0.6 is 35.6 Å². The molecule has 1 heterocycles. The van der Waals surface area contributed by atoms with Crippen LogP contribution < -0.4 is 0 Å². The minimum atomic E-state index is -0.296. The van der Waals surface area contributed by atoms with Crippen molar-refractivity contribution in [2.24, 2.45) is 0 Å². The Morgan fingerprint density at radius 3 is 2.90 bits per heavy atom. The first-order valence-electron chi connectivity index (χ1n) is 6.58. The predicted octanol–water partition coefficient (Wildman–Crippen LogP) is 3.65. The Balaban J connectivity index is 2.54. The zero-order chi connectivity index (χ0) is 15.7. The van der Waals surface area contributed by atoms with Crippen LogP contribution in [0.15, 0.2) is 18.3 Å². The molecule has 1 aromatic heterocycles. The number of halogens is 1. The minimum Gasteiger partial charge on any atom is -0.479 e. The number of carbonyl (C=O) groups is 1. The maximum absolute atomic E-state index is 11.0. The monoisotopic (exact) mass is 347 g/mol. The van der Waals surface area contributed by atoms with E-state index in [0.717, 1.165) is 18.4 Å². The number of aromatic nitrogens is 1. The maximum Gasteiger partial charge on any atom is 0.302 e. The zero-order valence-corrected chi connectivity index (χ0v) is 14.4. The van der Waals surface area contributed by atoms with Crippen LogP contribution in [-0.2, 0) is 20.7 Å². The lowest BCUT2D eigenvalue weighted by atomic mass is 10.1. The number of nitrogens with zero attached hydrogens (tertiary/aromatic N) is 1. The van der Waals surface area contributed by atoms with Crippen LogP contribution in [0.2, 0.25) is 5.15 Å². The summed E-state index contributed by atoms with van der Waals surface area (Å²) in [6, 6.07) is 3.75. The third-order valence-corrected chi connectivity index (χ3v) is 4.17. The maximum atomic E-state index is 11.0. The molecule has 0 fully saturated rings. The van der Waals surface area contributed by atoms with Crippen LogP contribution in [0.1, 0.15) is 25.8 Å². The molecule has 0 aliphatic rings. The lowest BCUT2D eigenvalue weighted by Gasteiger charge is -2.16. The molecule has 1 rings (SSSR count). The first-order valence-corrected chi connectivity index (χ1v) is 8.25. The first-order chi connectivity index (χ1) is 10.0. The third kappa shape index (κ3) is 8.24. The van der Waals surface area contributed by atoms with Crippen LogP contribution in [0.5, 0.6) is 0 Å². The van der Waals surface area contributed by atoms with Crippen LogP contribution in [0, 0.1) is 0 Å². The average molecular weight is 348 g/mol. The molecule has 0 N–H and O–H groups in total. The highest BCUT2D eigenvalue weighted by molar-refractivity contribution is 8.23. The summed E-state index contributed by atoms with van der Waals surface area (Å²) < 4.78 is 10.8. The van der Waals surface area contributed by atoms with E-state index in [0.29, 0.717) is 22.7 Å². The van der Waals surface area contributed by atoms with Crippen molar-refractivity contribution in [1.82, 2.24) is 4.98 Å². The van der Waals surface area contributed by atoms with E-state index < -0.39 is 0 Å². The highest BCUT2D eigenvalue weighted by Crippen LogP contribution is 2.21. The van der Waals surface area contributed by atoms with Gasteiger partial charge in [-0.05, 0) is 49.7 Å². The second-order valence-electron chi connectivity index (χ2n) is 4.25. The van der Waals surface area contributed by atoms with Crippen molar-refractivity contribution in [3.05, 3.63) is 29.0 Å². The fourth-order valence-corrected chi connectivity index (χ4v) is 3.15. The van der Waals surface area contributed by atoms with Gasteiger partial charge in [0, 0.05) is 18.4 Å². The molecule has 4 nitrogen and oxygen atoms in total. The molecule has 0 saturated carbocycles. The van der Waals surface area contributed by atoms with Crippen molar-refractivity contribution in [2.75, 3.05) is 13.2 Å². The van der Waals surface area contributed by atoms with Gasteiger partial charge in [-0.25, -0.2) is 4.98 Å². The molecule has 0 saturated heterocycles. The number of esters is 1. The van der Waals surface area contributed by atoms with Crippen molar-refractivity contribution < 1.29 is 14.3 Å². The van der Waals surface area contributed by atoms with Crippen molar-refractivity contribution in [1.29, 1.82) is 0 Å². The van der Waals surface area contributed by atoms with E-state index >= 15 is 0 Å². The number of aryl methyl sites for hydroxylation is 1. The van der Waals surface area contributed by atoms with Gasteiger partial charge in [0.2, 0.25) is 4.38 Å². The summed E-state index contributed by atoms with van der Waals surface area (Å²) in [6.07, 6.45) is 3.28. The van der Waals surface area contributed by atoms with Crippen LogP contribution in [-0.4, -0.2) is 33.8 Å². The van der Waals surface area contributed by atoms with E-state index in [-0.39, 0.29) is 11.2 Å². The van der Waals surface area contributed by atoms with Gasteiger partial charge in [0.15, 0.2) is 0 Å². The predicted molar refractivity (Wildman–Crippen MR) is 89.8 cm³/mol. The fraction of sp³-hybridized carbons (Fsp3) is 0.500. The largest absolute Gasteiger partial charge is 0.479 e. The van der Waals surface area contributed by atoms with E-state index in [1.165, 1.54) is 18.7 Å². The Morgan fingerprint density at radius 1 is 1.52 bits per heavy atom. The molecule has 0 bridgehead atoms. The van der Waals surface area contributed by atoms with Gasteiger partial charge >= 0.3 is 5.97 Å². The minimum absolute atomic E-state index is 0.0555. The molecule has 0 aromatic carbocycles. The quantitative estimate of drug-likeness (QED) is 0.426. The van der Waals surface area contributed by atoms with Gasteiger partial charge in [0.05, 0.1) is 6.61 Å². The highest BCUT2D eigenvalue weighted by atomic mass is 35.5. The van der Waals surface area contributed by atoms with E-state index in [4.69, 9.17) is 33.3 Å². The van der Waals surface area contributed by atoms with Crippen LogP contribution in [0.4, 0.5) is 0 Å². The lowest BCUT2D eigenvalue weighted by molar-refractivity contribution is -0.140. The Labute approximate surface area is 139 Å². The van der Waals surface area contributed by atoms with E-state index in [1.807, 2.05) is 19.1 Å². The summed E-state index contributed by atoms with van der Waals surface area (Å²) in [5.74, 6) is -0.296. The number of rotatable bonds is 7. The van der Waals surface area contributed by atoms with Gasteiger partial charge in [-0.2, -0.15) is 0 Å². The summed E-state index contributed by atoms with van der Waals surface area (Å²) in [5, 5.41) is 0.529. The first kappa shape index (κ1) is 18.2. The molecule has 7 heteroatoms. The van der Waals surface area contributed by atoms with Crippen molar-refractivity contribution in [2.45, 2.75) is 31.9 Å². The Hall–Kier alpha value is -0.850. The van der Waals surface area contributed by atoms with Crippen LogP contribution in [0.25, 0.3) is 0 Å². The molecule has 0 aliphatic heterocycles. The number of pyridine rings is 1. The molecule has 21 heavy (non-hydrogen) atoms. The molecule has 116 valence electrons. The third-order valence-electron chi connectivity index (χ3n) is 2.54. The van der Waals surface area contributed by atoms with Crippen molar-refractivity contribution in [3.63, 3.8) is 0 Å². The fourth-order valence-electron chi connectivity index (χ4n) is 1.60. The average Bonchev–Trinajstić information content (AvgIpc) is 2.42. The second kappa shape index (κ2) is 9.97. The molecule has 0 spiro atoms. The highest BCUT2D eigenvalue weighted by Gasteiger charge is 2.15. The smallest absolute Gasteiger partial charge is 0.302 e. The zero-order valence-electron chi connectivity index (χ0n) is 12.0. The van der Waals surface area contributed by atoms with Gasteiger partial charge in [-0.1, -0.05) is 23.4 Å². The molecule has 0 aliphatic carbocycles. The van der Waals surface area contributed by atoms with Gasteiger partial charge in [-0.3, -0.25) is 4.79 Å². The van der Waals surface area contributed by atoms with E-state index in [2.05, 4.69) is 4.98 Å². The summed E-state index contributed by atoms with van der Waals surface area (Å²) in [5.41, 5.74) is 1.09. The lowest BCUT2D eigenvalue weighted by Crippen LogP contribution is -2.18. The van der Waals surface area contributed by atoms with Gasteiger partial charge in [-0.15, -0.1) is 0 Å². The number of ether oxygens (including phenoxy) is 2. The molecule has 0 radical (unpaired) electrons. The van der Waals surface area contributed by atoms with Gasteiger partial charge < -0.3 is 9.47 Å². The number of carbonyl (C=O) groups excluding carboxylic acids is 1. The topological polar surface area (TPSA) is 48.4 Å². The summed E-state index contributed by atoms with van der Waals surface area (Å²) >= 11 is 12.4. The normalized spacial score (nSPS) is 11.8. The van der Waals surface area contributed by atoms with Crippen LogP contribution in [0.3, 0.4) is 0 Å². The van der Waals surface area contributed by atoms with Gasteiger partial charge in [0.25, 0.3) is 0 Å². The Morgan fingerprint density at radius 2 is 2.29 bits per heavy atom. The van der Waals surface area contributed by atoms with Crippen molar-refractivity contribution >= 4 is 45.9 Å². The molecular formula is C14H18ClNO3S2. The summed E-state index contributed by atoms with van der Waals surface area (Å²) in [4.78, 5) is 14.9. The molecule has 1 atom stereocenters.